The van der Waals surface area contributed by atoms with Crippen LogP contribution in [-0.2, 0) is 28.1 Å². The number of aryl methyl sites for hydroxylation is 2. The molecule has 44 heavy (non-hydrogen) atoms. The monoisotopic (exact) mass is 596 g/mol. The summed E-state index contributed by atoms with van der Waals surface area (Å²) < 4.78 is 17.2. The first kappa shape index (κ1) is 32.1. The number of rotatable bonds is 0. The summed E-state index contributed by atoms with van der Waals surface area (Å²) >= 11 is 0. The molecule has 2 aromatic carbocycles. The van der Waals surface area contributed by atoms with Crippen molar-refractivity contribution in [3.05, 3.63) is 63.5 Å². The molecule has 2 aliphatic heterocycles. The van der Waals surface area contributed by atoms with Crippen LogP contribution in [-0.4, -0.2) is 23.4 Å². The van der Waals surface area contributed by atoms with Crippen LogP contribution in [0.3, 0.4) is 0 Å². The fourth-order valence-electron chi connectivity index (χ4n) is 6.16. The zero-order valence-corrected chi connectivity index (χ0v) is 29.5. The van der Waals surface area contributed by atoms with Gasteiger partial charge in [0.15, 0.2) is 11.5 Å². The standard InChI is InChI=1S/C20H27NO.C19H25NO2/c1-12-10-14-15(19(2,3)4)11-16(20(5,6)7)21-17(14)13-8-9-22-18(12)13;1-11-8-12-13(18(2,3)4)9-14(19(5,6)7)20-15(12)17-16(11)21-10-22-17/h10-11H,8-9H2,1-7H3;8-9H,10H2,1-7H3. The average molecular weight is 597 g/mol. The highest BCUT2D eigenvalue weighted by Gasteiger charge is 2.29. The van der Waals surface area contributed by atoms with Gasteiger partial charge in [-0.2, -0.15) is 0 Å². The molecular formula is C39H52N2O3. The first-order valence-corrected chi connectivity index (χ1v) is 16.0. The molecule has 0 fully saturated rings. The number of benzene rings is 2. The van der Waals surface area contributed by atoms with Gasteiger partial charge >= 0.3 is 0 Å². The van der Waals surface area contributed by atoms with Crippen LogP contribution < -0.4 is 14.2 Å². The predicted octanol–water partition coefficient (Wildman–Crippen LogP) is 9.94. The molecule has 0 aliphatic carbocycles. The Kier molecular flexibility index (Phi) is 7.75. The van der Waals surface area contributed by atoms with Gasteiger partial charge in [-0.05, 0) is 71.2 Å². The Balaban J connectivity index is 0.000000175. The molecule has 236 valence electrons. The zero-order chi connectivity index (χ0) is 32.6. The summed E-state index contributed by atoms with van der Waals surface area (Å²) in [5.41, 5.74) is 10.8. The van der Waals surface area contributed by atoms with Crippen molar-refractivity contribution in [1.29, 1.82) is 0 Å². The highest BCUT2D eigenvalue weighted by Crippen LogP contribution is 2.45. The maximum atomic E-state index is 5.85. The minimum Gasteiger partial charge on any atom is -0.493 e. The summed E-state index contributed by atoms with van der Waals surface area (Å²) in [5, 5.41) is 2.46. The lowest BCUT2D eigenvalue weighted by atomic mass is 9.80. The van der Waals surface area contributed by atoms with Crippen molar-refractivity contribution in [3.8, 4) is 17.2 Å². The van der Waals surface area contributed by atoms with Crippen molar-refractivity contribution in [2.24, 2.45) is 0 Å². The van der Waals surface area contributed by atoms with E-state index in [-0.39, 0.29) is 28.5 Å². The van der Waals surface area contributed by atoms with Crippen molar-refractivity contribution in [2.75, 3.05) is 13.4 Å². The summed E-state index contributed by atoms with van der Waals surface area (Å²) in [6, 6.07) is 9.01. The van der Waals surface area contributed by atoms with Crippen LogP contribution in [0.4, 0.5) is 0 Å². The lowest BCUT2D eigenvalue weighted by Gasteiger charge is -2.27. The van der Waals surface area contributed by atoms with Crippen LogP contribution >= 0.6 is 0 Å². The Hall–Kier alpha value is -3.34. The van der Waals surface area contributed by atoms with E-state index in [4.69, 9.17) is 24.2 Å². The van der Waals surface area contributed by atoms with Crippen molar-refractivity contribution >= 4 is 21.8 Å². The Labute approximate surface area is 264 Å². The van der Waals surface area contributed by atoms with Crippen LogP contribution in [0.25, 0.3) is 21.8 Å². The second-order valence-corrected chi connectivity index (χ2v) is 16.8. The zero-order valence-electron chi connectivity index (χ0n) is 29.5. The maximum Gasteiger partial charge on any atom is 0.231 e. The third-order valence-corrected chi connectivity index (χ3v) is 8.69. The first-order chi connectivity index (χ1) is 20.2. The number of hydrogen-bond acceptors (Lipinski definition) is 5. The van der Waals surface area contributed by atoms with Crippen LogP contribution in [0.15, 0.2) is 24.3 Å². The molecule has 0 amide bonds. The van der Waals surface area contributed by atoms with Crippen molar-refractivity contribution in [3.63, 3.8) is 0 Å². The van der Waals surface area contributed by atoms with Crippen LogP contribution in [0, 0.1) is 13.8 Å². The average Bonchev–Trinajstić information content (AvgIpc) is 3.57. The summed E-state index contributed by atoms with van der Waals surface area (Å²) in [4.78, 5) is 9.98. The first-order valence-electron chi connectivity index (χ1n) is 16.0. The van der Waals surface area contributed by atoms with Crippen LogP contribution in [0.1, 0.15) is 122 Å². The molecule has 0 bridgehead atoms. The molecule has 0 spiro atoms. The van der Waals surface area contributed by atoms with E-state index in [2.05, 4.69) is 121 Å². The molecule has 0 atom stereocenters. The van der Waals surface area contributed by atoms with E-state index in [1.54, 1.807) is 0 Å². The van der Waals surface area contributed by atoms with Gasteiger partial charge < -0.3 is 14.2 Å². The number of hydrogen-bond donors (Lipinski definition) is 0. The maximum absolute atomic E-state index is 5.85. The molecule has 4 heterocycles. The van der Waals surface area contributed by atoms with Crippen molar-refractivity contribution in [2.45, 2.75) is 125 Å². The van der Waals surface area contributed by atoms with E-state index in [1.807, 2.05) is 0 Å². The largest absolute Gasteiger partial charge is 0.493 e. The Morgan fingerprint density at radius 2 is 0.977 bits per heavy atom. The van der Waals surface area contributed by atoms with E-state index >= 15 is 0 Å². The molecule has 2 aromatic heterocycles. The highest BCUT2D eigenvalue weighted by molar-refractivity contribution is 5.92. The third-order valence-electron chi connectivity index (χ3n) is 8.69. The lowest BCUT2D eigenvalue weighted by molar-refractivity contribution is 0.174. The second-order valence-electron chi connectivity index (χ2n) is 16.8. The van der Waals surface area contributed by atoms with Gasteiger partial charge in [-0.1, -0.05) is 83.1 Å². The van der Waals surface area contributed by atoms with Gasteiger partial charge in [0.1, 0.15) is 11.3 Å². The SMILES string of the molecule is Cc1cc2c(C(C)(C)C)cc(C(C)(C)C)nc2c2c1OCC2.Cc1cc2c(C(C)(C)C)cc(C(C)(C)C)nc2c2c1OCO2. The van der Waals surface area contributed by atoms with Crippen LogP contribution in [0.2, 0.25) is 0 Å². The molecule has 5 nitrogen and oxygen atoms in total. The van der Waals surface area contributed by atoms with Gasteiger partial charge in [0.2, 0.25) is 6.79 Å². The van der Waals surface area contributed by atoms with Gasteiger partial charge in [-0.3, -0.25) is 4.98 Å². The molecule has 0 saturated heterocycles. The smallest absolute Gasteiger partial charge is 0.231 e. The Morgan fingerprint density at radius 3 is 1.48 bits per heavy atom. The topological polar surface area (TPSA) is 53.5 Å². The summed E-state index contributed by atoms with van der Waals surface area (Å²) in [5.74, 6) is 2.70. The molecule has 0 unspecified atom stereocenters. The molecule has 0 saturated carbocycles. The van der Waals surface area contributed by atoms with E-state index in [9.17, 15) is 0 Å². The summed E-state index contributed by atoms with van der Waals surface area (Å²) in [6.07, 6.45) is 0.970. The molecule has 0 N–H and O–H groups in total. The number of nitrogens with zero attached hydrogens (tertiary/aromatic N) is 2. The third kappa shape index (κ3) is 5.87. The number of aromatic nitrogens is 2. The van der Waals surface area contributed by atoms with Gasteiger partial charge in [0.05, 0.1) is 12.1 Å². The number of pyridine rings is 2. The quantitative estimate of drug-likeness (QED) is 0.202. The predicted molar refractivity (Wildman–Crippen MR) is 183 cm³/mol. The van der Waals surface area contributed by atoms with Crippen molar-refractivity contribution < 1.29 is 14.2 Å². The van der Waals surface area contributed by atoms with Gasteiger partial charge in [0, 0.05) is 45.0 Å². The number of fused-ring (bicyclic) bond motifs is 6. The minimum absolute atomic E-state index is 0.00851. The lowest BCUT2D eigenvalue weighted by Crippen LogP contribution is -2.19. The summed E-state index contributed by atoms with van der Waals surface area (Å²) in [6.45, 7) is 32.1. The number of ether oxygens (including phenoxy) is 3. The fourth-order valence-corrected chi connectivity index (χ4v) is 6.16. The second kappa shape index (κ2) is 10.6. The molecule has 0 radical (unpaired) electrons. The van der Waals surface area contributed by atoms with Crippen LogP contribution in [0.5, 0.6) is 17.2 Å². The van der Waals surface area contributed by atoms with Crippen molar-refractivity contribution in [1.82, 2.24) is 9.97 Å². The van der Waals surface area contributed by atoms with Gasteiger partial charge in [-0.15, -0.1) is 0 Å². The molecule has 5 heteroatoms. The summed E-state index contributed by atoms with van der Waals surface area (Å²) in [7, 11) is 0. The molecular weight excluding hydrogens is 544 g/mol. The van der Waals surface area contributed by atoms with Gasteiger partial charge in [-0.25, -0.2) is 4.98 Å². The Morgan fingerprint density at radius 1 is 0.523 bits per heavy atom. The van der Waals surface area contributed by atoms with E-state index in [0.717, 1.165) is 52.6 Å². The molecule has 6 rings (SSSR count). The Bertz CT molecular complexity index is 1630. The van der Waals surface area contributed by atoms with E-state index in [0.29, 0.717) is 0 Å². The van der Waals surface area contributed by atoms with E-state index < -0.39 is 0 Å². The van der Waals surface area contributed by atoms with Gasteiger partial charge in [0.25, 0.3) is 0 Å². The van der Waals surface area contributed by atoms with E-state index in [1.165, 1.54) is 38.7 Å². The normalized spacial score (nSPS) is 14.9. The highest BCUT2D eigenvalue weighted by atomic mass is 16.7. The molecule has 2 aliphatic rings. The fraction of sp³-hybridized carbons (Fsp3) is 0.538. The molecule has 4 aromatic rings. The minimum atomic E-state index is -0.00851.